The molecular weight excluding hydrogens is 196 g/mol. The fraction of sp³-hybridized carbons (Fsp3) is 0.867. The van der Waals surface area contributed by atoms with Crippen LogP contribution >= 0.6 is 0 Å². The highest BCUT2D eigenvalue weighted by Crippen LogP contribution is 2.11. The molecule has 0 fully saturated rings. The summed E-state index contributed by atoms with van der Waals surface area (Å²) in [5.41, 5.74) is 0. The average molecular weight is 224 g/mol. The lowest BCUT2D eigenvalue weighted by molar-refractivity contribution is 0.166. The summed E-state index contributed by atoms with van der Waals surface area (Å²) < 4.78 is 0. The molecule has 0 spiro atoms. The molecule has 0 rings (SSSR count). The smallest absolute Gasteiger partial charge is 0.0649 e. The fourth-order valence-electron chi connectivity index (χ4n) is 1.93. The number of terminal acetylenes is 1. The standard InChI is InChI=1S/C15H28O/c1-3-5-6-7-8-9-10-11-12-14-15(16)13-4-2/h2,15-16H,3,5-14H2,1H3/t15-/m1/s1. The van der Waals surface area contributed by atoms with E-state index in [4.69, 9.17) is 6.42 Å². The Morgan fingerprint density at radius 2 is 1.44 bits per heavy atom. The largest absolute Gasteiger partial charge is 0.392 e. The second-order valence-corrected chi connectivity index (χ2v) is 4.68. The van der Waals surface area contributed by atoms with Crippen LogP contribution in [0.15, 0.2) is 0 Å². The predicted molar refractivity (Wildman–Crippen MR) is 71.3 cm³/mol. The number of rotatable bonds is 11. The molecule has 0 saturated carbocycles. The molecular formula is C15H28O. The third-order valence-electron chi connectivity index (χ3n) is 2.99. The topological polar surface area (TPSA) is 20.2 Å². The summed E-state index contributed by atoms with van der Waals surface area (Å²) in [7, 11) is 0. The SMILES string of the molecule is C#CC[C@@H](O)CCCCCCCCCCC. The van der Waals surface area contributed by atoms with Gasteiger partial charge in [0.15, 0.2) is 0 Å². The van der Waals surface area contributed by atoms with Crippen molar-refractivity contribution in [3.8, 4) is 12.3 Å². The van der Waals surface area contributed by atoms with Crippen LogP contribution in [0.4, 0.5) is 0 Å². The van der Waals surface area contributed by atoms with Gasteiger partial charge in [0.05, 0.1) is 6.10 Å². The van der Waals surface area contributed by atoms with Gasteiger partial charge in [0.2, 0.25) is 0 Å². The lowest BCUT2D eigenvalue weighted by atomic mass is 10.0. The molecule has 0 aliphatic carbocycles. The molecule has 0 aliphatic rings. The lowest BCUT2D eigenvalue weighted by Gasteiger charge is -2.06. The quantitative estimate of drug-likeness (QED) is 0.410. The fourth-order valence-corrected chi connectivity index (χ4v) is 1.93. The van der Waals surface area contributed by atoms with Gasteiger partial charge < -0.3 is 5.11 Å². The normalized spacial score (nSPS) is 12.3. The first-order valence-electron chi connectivity index (χ1n) is 6.92. The van der Waals surface area contributed by atoms with Gasteiger partial charge in [0, 0.05) is 6.42 Å². The number of hydrogen-bond acceptors (Lipinski definition) is 1. The summed E-state index contributed by atoms with van der Waals surface area (Å²) in [6.45, 7) is 2.25. The van der Waals surface area contributed by atoms with Crippen LogP contribution in [0.25, 0.3) is 0 Å². The van der Waals surface area contributed by atoms with Crippen LogP contribution < -0.4 is 0 Å². The van der Waals surface area contributed by atoms with Gasteiger partial charge in [-0.3, -0.25) is 0 Å². The molecule has 0 radical (unpaired) electrons. The Bertz CT molecular complexity index is 169. The molecule has 1 atom stereocenters. The van der Waals surface area contributed by atoms with Crippen molar-refractivity contribution in [2.75, 3.05) is 0 Å². The van der Waals surface area contributed by atoms with Gasteiger partial charge >= 0.3 is 0 Å². The first-order valence-corrected chi connectivity index (χ1v) is 6.92. The van der Waals surface area contributed by atoms with Crippen molar-refractivity contribution in [3.05, 3.63) is 0 Å². The number of unbranched alkanes of at least 4 members (excludes halogenated alkanes) is 8. The van der Waals surface area contributed by atoms with E-state index in [0.29, 0.717) is 6.42 Å². The van der Waals surface area contributed by atoms with Crippen molar-refractivity contribution in [2.24, 2.45) is 0 Å². The van der Waals surface area contributed by atoms with Crippen LogP contribution in [-0.2, 0) is 0 Å². The maximum atomic E-state index is 9.41. The first-order chi connectivity index (χ1) is 7.81. The Balaban J connectivity index is 3.01. The molecule has 1 N–H and O–H groups in total. The van der Waals surface area contributed by atoms with Gasteiger partial charge in [-0.05, 0) is 6.42 Å². The molecule has 94 valence electrons. The minimum Gasteiger partial charge on any atom is -0.392 e. The molecule has 1 nitrogen and oxygen atoms in total. The Morgan fingerprint density at radius 1 is 0.938 bits per heavy atom. The molecule has 16 heavy (non-hydrogen) atoms. The minimum atomic E-state index is -0.269. The Labute approximate surface area is 102 Å². The zero-order valence-corrected chi connectivity index (χ0v) is 10.9. The molecule has 0 aromatic carbocycles. The summed E-state index contributed by atoms with van der Waals surface area (Å²) in [4.78, 5) is 0. The molecule has 0 amide bonds. The third kappa shape index (κ3) is 11.6. The molecule has 0 unspecified atom stereocenters. The number of aliphatic hydroxyl groups is 1. The molecule has 0 aliphatic heterocycles. The van der Waals surface area contributed by atoms with E-state index in [2.05, 4.69) is 12.8 Å². The summed E-state index contributed by atoms with van der Waals surface area (Å²) in [5.74, 6) is 2.50. The average Bonchev–Trinajstić information content (AvgIpc) is 2.27. The highest BCUT2D eigenvalue weighted by atomic mass is 16.3. The lowest BCUT2D eigenvalue weighted by Crippen LogP contribution is -2.04. The van der Waals surface area contributed by atoms with E-state index in [1.165, 1.54) is 51.4 Å². The highest BCUT2D eigenvalue weighted by molar-refractivity contribution is 4.86. The van der Waals surface area contributed by atoms with Crippen molar-refractivity contribution >= 4 is 0 Å². The number of hydrogen-bond donors (Lipinski definition) is 1. The van der Waals surface area contributed by atoms with E-state index in [-0.39, 0.29) is 6.10 Å². The second-order valence-electron chi connectivity index (χ2n) is 4.68. The maximum absolute atomic E-state index is 9.41. The Kier molecular flexibility index (Phi) is 12.2. The summed E-state index contributed by atoms with van der Waals surface area (Å²) in [5, 5.41) is 9.41. The van der Waals surface area contributed by atoms with Crippen LogP contribution in [0, 0.1) is 12.3 Å². The van der Waals surface area contributed by atoms with Crippen LogP contribution in [0.2, 0.25) is 0 Å². The minimum absolute atomic E-state index is 0.269. The monoisotopic (exact) mass is 224 g/mol. The van der Waals surface area contributed by atoms with E-state index >= 15 is 0 Å². The van der Waals surface area contributed by atoms with Crippen LogP contribution in [0.3, 0.4) is 0 Å². The van der Waals surface area contributed by atoms with Gasteiger partial charge in [-0.25, -0.2) is 0 Å². The Morgan fingerprint density at radius 3 is 1.94 bits per heavy atom. The maximum Gasteiger partial charge on any atom is 0.0649 e. The van der Waals surface area contributed by atoms with Gasteiger partial charge in [-0.15, -0.1) is 12.3 Å². The number of aliphatic hydroxyl groups excluding tert-OH is 1. The van der Waals surface area contributed by atoms with E-state index in [1.807, 2.05) is 0 Å². The van der Waals surface area contributed by atoms with E-state index in [0.717, 1.165) is 12.8 Å². The molecule has 0 saturated heterocycles. The van der Waals surface area contributed by atoms with Crippen LogP contribution in [0.5, 0.6) is 0 Å². The van der Waals surface area contributed by atoms with Gasteiger partial charge in [-0.1, -0.05) is 64.7 Å². The van der Waals surface area contributed by atoms with Crippen molar-refractivity contribution in [3.63, 3.8) is 0 Å². The van der Waals surface area contributed by atoms with Crippen molar-refractivity contribution in [1.82, 2.24) is 0 Å². The van der Waals surface area contributed by atoms with E-state index < -0.39 is 0 Å². The van der Waals surface area contributed by atoms with Gasteiger partial charge in [-0.2, -0.15) is 0 Å². The Hall–Kier alpha value is -0.480. The van der Waals surface area contributed by atoms with Crippen molar-refractivity contribution < 1.29 is 5.11 Å². The predicted octanol–water partition coefficient (Wildman–Crippen LogP) is 4.29. The van der Waals surface area contributed by atoms with Crippen LogP contribution in [0.1, 0.15) is 77.6 Å². The highest BCUT2D eigenvalue weighted by Gasteiger charge is 2.00. The zero-order valence-electron chi connectivity index (χ0n) is 10.9. The van der Waals surface area contributed by atoms with Crippen molar-refractivity contribution in [1.29, 1.82) is 0 Å². The second kappa shape index (κ2) is 12.6. The van der Waals surface area contributed by atoms with E-state index in [1.54, 1.807) is 0 Å². The molecule has 0 aromatic heterocycles. The first kappa shape index (κ1) is 15.5. The van der Waals surface area contributed by atoms with Gasteiger partial charge in [0.1, 0.15) is 0 Å². The zero-order chi connectivity index (χ0) is 12.1. The molecule has 0 heterocycles. The molecule has 0 bridgehead atoms. The summed E-state index contributed by atoms with van der Waals surface area (Å²) in [6, 6.07) is 0. The summed E-state index contributed by atoms with van der Waals surface area (Å²) in [6.07, 6.45) is 18.2. The van der Waals surface area contributed by atoms with Crippen molar-refractivity contribution in [2.45, 2.75) is 83.7 Å². The van der Waals surface area contributed by atoms with Gasteiger partial charge in [0.25, 0.3) is 0 Å². The molecule has 0 aromatic rings. The van der Waals surface area contributed by atoms with Crippen LogP contribution in [-0.4, -0.2) is 11.2 Å². The van der Waals surface area contributed by atoms with E-state index in [9.17, 15) is 5.11 Å². The molecule has 1 heteroatoms. The summed E-state index contributed by atoms with van der Waals surface area (Å²) >= 11 is 0. The third-order valence-corrected chi connectivity index (χ3v) is 2.99.